The molecular weight excluding hydrogens is 208 g/mol. The van der Waals surface area contributed by atoms with Crippen LogP contribution >= 0.6 is 0 Å². The zero-order valence-electron chi connectivity index (χ0n) is 12.1. The van der Waals surface area contributed by atoms with E-state index < -0.39 is 0 Å². The molecule has 2 N–H and O–H groups in total. The first-order chi connectivity index (χ1) is 8.19. The fourth-order valence-corrected chi connectivity index (χ4v) is 3.18. The number of nitrogens with zero attached hydrogens (tertiary/aromatic N) is 1. The number of likely N-dealkylation sites (N-methyl/N-ethyl adjacent to an activating group) is 1. The summed E-state index contributed by atoms with van der Waals surface area (Å²) in [4.78, 5) is 2.53. The fourth-order valence-electron chi connectivity index (χ4n) is 3.18. The van der Waals surface area contributed by atoms with Gasteiger partial charge in [-0.05, 0) is 31.7 Å². The average Bonchev–Trinajstić information content (AvgIpc) is 2.59. The van der Waals surface area contributed by atoms with Crippen molar-refractivity contribution >= 4 is 0 Å². The maximum atomic E-state index is 6.03. The summed E-state index contributed by atoms with van der Waals surface area (Å²) in [7, 11) is 2.27. The second kappa shape index (κ2) is 8.10. The van der Waals surface area contributed by atoms with Gasteiger partial charge in [-0.3, -0.25) is 0 Å². The minimum absolute atomic E-state index is 0.613. The first kappa shape index (κ1) is 15.0. The van der Waals surface area contributed by atoms with Crippen LogP contribution in [0.3, 0.4) is 0 Å². The third-order valence-electron chi connectivity index (χ3n) is 4.55. The number of nitrogens with two attached hydrogens (primary N) is 1. The Balaban J connectivity index is 2.49. The van der Waals surface area contributed by atoms with Crippen LogP contribution in [0.25, 0.3) is 0 Å². The van der Waals surface area contributed by atoms with Crippen molar-refractivity contribution in [3.8, 4) is 0 Å². The number of hydrogen-bond acceptors (Lipinski definition) is 2. The van der Waals surface area contributed by atoms with E-state index in [4.69, 9.17) is 5.73 Å². The van der Waals surface area contributed by atoms with Crippen molar-refractivity contribution in [2.75, 3.05) is 20.1 Å². The van der Waals surface area contributed by atoms with E-state index >= 15 is 0 Å². The minimum atomic E-state index is 0.613. The lowest BCUT2D eigenvalue weighted by Crippen LogP contribution is -2.45. The van der Waals surface area contributed by atoms with Crippen LogP contribution in [-0.2, 0) is 0 Å². The van der Waals surface area contributed by atoms with Gasteiger partial charge in [0.05, 0.1) is 0 Å². The molecule has 2 atom stereocenters. The van der Waals surface area contributed by atoms with E-state index in [1.54, 1.807) is 0 Å². The lowest BCUT2D eigenvalue weighted by molar-refractivity contribution is 0.148. The molecule has 2 unspecified atom stereocenters. The summed E-state index contributed by atoms with van der Waals surface area (Å²) in [6, 6.07) is 0.613. The monoisotopic (exact) mass is 240 g/mol. The molecule has 0 spiro atoms. The van der Waals surface area contributed by atoms with Crippen molar-refractivity contribution in [3.63, 3.8) is 0 Å². The second-order valence-electron chi connectivity index (χ2n) is 6.01. The van der Waals surface area contributed by atoms with Crippen LogP contribution in [0.15, 0.2) is 0 Å². The van der Waals surface area contributed by atoms with Gasteiger partial charge < -0.3 is 10.6 Å². The topological polar surface area (TPSA) is 29.3 Å². The van der Waals surface area contributed by atoms with Gasteiger partial charge in [-0.25, -0.2) is 0 Å². The Kier molecular flexibility index (Phi) is 7.14. The summed E-state index contributed by atoms with van der Waals surface area (Å²) >= 11 is 0. The lowest BCUT2D eigenvalue weighted by Gasteiger charge is -2.35. The van der Waals surface area contributed by atoms with Crippen LogP contribution in [0.2, 0.25) is 0 Å². The van der Waals surface area contributed by atoms with Crippen LogP contribution in [0.5, 0.6) is 0 Å². The summed E-state index contributed by atoms with van der Waals surface area (Å²) in [5.41, 5.74) is 6.03. The molecular formula is C15H32N2. The molecule has 0 amide bonds. The average molecular weight is 240 g/mol. The molecule has 0 bridgehead atoms. The van der Waals surface area contributed by atoms with E-state index in [9.17, 15) is 0 Å². The number of rotatable bonds is 6. The second-order valence-corrected chi connectivity index (χ2v) is 6.01. The van der Waals surface area contributed by atoms with Gasteiger partial charge in [0.15, 0.2) is 0 Å². The van der Waals surface area contributed by atoms with Crippen LogP contribution in [0.1, 0.15) is 58.8 Å². The SMILES string of the molecule is CCC(C)CN(C)C(CN)C1CCCCCC1. The highest BCUT2D eigenvalue weighted by atomic mass is 15.1. The summed E-state index contributed by atoms with van der Waals surface area (Å²) in [6.07, 6.45) is 9.76. The standard InChI is InChI=1S/C15H32N2/c1-4-13(2)12-17(3)15(11-16)14-9-7-5-6-8-10-14/h13-15H,4-12,16H2,1-3H3. The summed E-state index contributed by atoms with van der Waals surface area (Å²) < 4.78 is 0. The Hall–Kier alpha value is -0.0800. The van der Waals surface area contributed by atoms with Crippen molar-refractivity contribution in [3.05, 3.63) is 0 Å². The highest BCUT2D eigenvalue weighted by Gasteiger charge is 2.25. The van der Waals surface area contributed by atoms with Crippen LogP contribution < -0.4 is 5.73 Å². The molecule has 2 heteroatoms. The molecule has 0 saturated heterocycles. The molecule has 0 aromatic carbocycles. The first-order valence-corrected chi connectivity index (χ1v) is 7.59. The van der Waals surface area contributed by atoms with Gasteiger partial charge in [0.2, 0.25) is 0 Å². The smallest absolute Gasteiger partial charge is 0.0243 e. The molecule has 1 aliphatic carbocycles. The van der Waals surface area contributed by atoms with Gasteiger partial charge in [0.25, 0.3) is 0 Å². The molecule has 1 aliphatic rings. The largest absolute Gasteiger partial charge is 0.329 e. The van der Waals surface area contributed by atoms with Crippen molar-refractivity contribution in [1.29, 1.82) is 0 Å². The third kappa shape index (κ3) is 4.97. The van der Waals surface area contributed by atoms with Gasteiger partial charge in [-0.1, -0.05) is 46.0 Å². The predicted octanol–water partition coefficient (Wildman–Crippen LogP) is 3.26. The van der Waals surface area contributed by atoms with Crippen LogP contribution in [0.4, 0.5) is 0 Å². The van der Waals surface area contributed by atoms with Crippen LogP contribution in [-0.4, -0.2) is 31.1 Å². The molecule has 0 radical (unpaired) electrons. The normalized spacial score (nSPS) is 22.4. The molecule has 102 valence electrons. The molecule has 0 aromatic heterocycles. The minimum Gasteiger partial charge on any atom is -0.329 e. The summed E-state index contributed by atoms with van der Waals surface area (Å²) in [6.45, 7) is 6.66. The Labute approximate surface area is 108 Å². The third-order valence-corrected chi connectivity index (χ3v) is 4.55. The van der Waals surface area contributed by atoms with E-state index in [0.29, 0.717) is 6.04 Å². The Morgan fingerprint density at radius 2 is 1.76 bits per heavy atom. The van der Waals surface area contributed by atoms with Gasteiger partial charge in [0.1, 0.15) is 0 Å². The highest BCUT2D eigenvalue weighted by Crippen LogP contribution is 2.27. The van der Waals surface area contributed by atoms with Gasteiger partial charge >= 0.3 is 0 Å². The zero-order valence-corrected chi connectivity index (χ0v) is 12.1. The Bertz CT molecular complexity index is 185. The summed E-state index contributed by atoms with van der Waals surface area (Å²) in [5.74, 6) is 1.64. The highest BCUT2D eigenvalue weighted by molar-refractivity contribution is 4.81. The van der Waals surface area contributed by atoms with E-state index in [-0.39, 0.29) is 0 Å². The van der Waals surface area contributed by atoms with E-state index in [1.807, 2.05) is 0 Å². The Morgan fingerprint density at radius 3 is 2.24 bits per heavy atom. The predicted molar refractivity (Wildman–Crippen MR) is 76.1 cm³/mol. The molecule has 17 heavy (non-hydrogen) atoms. The maximum Gasteiger partial charge on any atom is 0.0243 e. The molecule has 1 saturated carbocycles. The maximum absolute atomic E-state index is 6.03. The molecule has 0 heterocycles. The molecule has 0 aromatic rings. The summed E-state index contributed by atoms with van der Waals surface area (Å²) in [5, 5.41) is 0. The molecule has 1 rings (SSSR count). The van der Waals surface area contributed by atoms with E-state index in [2.05, 4.69) is 25.8 Å². The van der Waals surface area contributed by atoms with Gasteiger partial charge in [-0.2, -0.15) is 0 Å². The van der Waals surface area contributed by atoms with Crippen LogP contribution in [0, 0.1) is 11.8 Å². The van der Waals surface area contributed by atoms with Crippen molar-refractivity contribution in [1.82, 2.24) is 4.90 Å². The molecule has 0 aliphatic heterocycles. The zero-order chi connectivity index (χ0) is 12.7. The first-order valence-electron chi connectivity index (χ1n) is 7.59. The van der Waals surface area contributed by atoms with E-state index in [0.717, 1.165) is 18.4 Å². The fraction of sp³-hybridized carbons (Fsp3) is 1.00. The van der Waals surface area contributed by atoms with Gasteiger partial charge in [-0.15, -0.1) is 0 Å². The van der Waals surface area contributed by atoms with E-state index in [1.165, 1.54) is 51.5 Å². The van der Waals surface area contributed by atoms with Crippen molar-refractivity contribution in [2.45, 2.75) is 64.8 Å². The van der Waals surface area contributed by atoms with Crippen molar-refractivity contribution < 1.29 is 0 Å². The molecule has 2 nitrogen and oxygen atoms in total. The lowest BCUT2D eigenvalue weighted by atomic mass is 9.90. The Morgan fingerprint density at radius 1 is 1.18 bits per heavy atom. The van der Waals surface area contributed by atoms with Gasteiger partial charge in [0, 0.05) is 19.1 Å². The number of hydrogen-bond donors (Lipinski definition) is 1. The molecule has 1 fully saturated rings. The van der Waals surface area contributed by atoms with Crippen molar-refractivity contribution in [2.24, 2.45) is 17.6 Å². The quantitative estimate of drug-likeness (QED) is 0.722.